The molecule has 0 saturated carbocycles. The van der Waals surface area contributed by atoms with E-state index in [9.17, 15) is 4.79 Å². The summed E-state index contributed by atoms with van der Waals surface area (Å²) in [4.78, 5) is 16.6. The van der Waals surface area contributed by atoms with Gasteiger partial charge in [0.15, 0.2) is 5.82 Å². The third kappa shape index (κ3) is 4.07. The number of anilines is 1. The van der Waals surface area contributed by atoms with E-state index in [4.69, 9.17) is 0 Å². The lowest BCUT2D eigenvalue weighted by molar-refractivity contribution is 0.564. The lowest BCUT2D eigenvalue weighted by Gasteiger charge is -2.19. The maximum Gasteiger partial charge on any atom is 0.347 e. The molecule has 0 fully saturated rings. The Morgan fingerprint density at radius 1 is 1.16 bits per heavy atom. The third-order valence-corrected chi connectivity index (χ3v) is 4.20. The molecule has 0 bridgehead atoms. The molecule has 132 valence electrons. The van der Waals surface area contributed by atoms with Gasteiger partial charge in [-0.2, -0.15) is 0 Å². The van der Waals surface area contributed by atoms with Crippen molar-refractivity contribution in [2.24, 2.45) is 0 Å². The highest BCUT2D eigenvalue weighted by Crippen LogP contribution is 2.22. The monoisotopic (exact) mass is 339 g/mol. The van der Waals surface area contributed by atoms with E-state index in [0.717, 1.165) is 31.5 Å². The second kappa shape index (κ2) is 7.09. The molecule has 0 atom stereocenters. The van der Waals surface area contributed by atoms with E-state index in [1.165, 1.54) is 9.96 Å². The standard InChI is InChI=1S/C19H25N5O/c1-19(2,3)15-13-24-17(22-23-18(24)25)16(21-15)20-12-8-7-11-14-9-5-4-6-10-14/h4-6,9-10,13H,7-8,11-12H2,1-3H3,(H,20,21)(H,23,25). The predicted molar refractivity (Wildman–Crippen MR) is 100 cm³/mol. The van der Waals surface area contributed by atoms with Crippen LogP contribution in [0, 0.1) is 0 Å². The van der Waals surface area contributed by atoms with Gasteiger partial charge in [0.25, 0.3) is 0 Å². The quantitative estimate of drug-likeness (QED) is 0.677. The second-order valence-corrected chi connectivity index (χ2v) is 7.32. The van der Waals surface area contributed by atoms with Crippen LogP contribution in [-0.4, -0.2) is 26.1 Å². The Morgan fingerprint density at radius 3 is 2.64 bits per heavy atom. The van der Waals surface area contributed by atoms with E-state index in [1.807, 2.05) is 6.07 Å². The van der Waals surface area contributed by atoms with Gasteiger partial charge in [-0.3, -0.25) is 0 Å². The number of unbranched alkanes of at least 4 members (excludes halogenated alkanes) is 1. The average Bonchev–Trinajstić information content (AvgIpc) is 2.96. The number of nitrogens with one attached hydrogen (secondary N) is 2. The van der Waals surface area contributed by atoms with Gasteiger partial charge >= 0.3 is 5.69 Å². The summed E-state index contributed by atoms with van der Waals surface area (Å²) in [5, 5.41) is 9.93. The second-order valence-electron chi connectivity index (χ2n) is 7.32. The zero-order valence-electron chi connectivity index (χ0n) is 15.0. The van der Waals surface area contributed by atoms with Gasteiger partial charge in [0.05, 0.1) is 5.69 Å². The van der Waals surface area contributed by atoms with Crippen LogP contribution in [0.25, 0.3) is 5.65 Å². The maximum atomic E-state index is 11.9. The Labute approximate surface area is 147 Å². The van der Waals surface area contributed by atoms with Crippen molar-refractivity contribution in [3.8, 4) is 0 Å². The number of hydrogen-bond acceptors (Lipinski definition) is 4. The maximum absolute atomic E-state index is 11.9. The van der Waals surface area contributed by atoms with E-state index in [-0.39, 0.29) is 11.1 Å². The average molecular weight is 339 g/mol. The first-order valence-electron chi connectivity index (χ1n) is 8.71. The molecule has 0 saturated heterocycles. The van der Waals surface area contributed by atoms with Crippen molar-refractivity contribution in [2.75, 3.05) is 11.9 Å². The van der Waals surface area contributed by atoms with Gasteiger partial charge in [0, 0.05) is 18.2 Å². The Bertz CT molecular complexity index is 890. The van der Waals surface area contributed by atoms with Crippen LogP contribution in [-0.2, 0) is 11.8 Å². The molecule has 6 heteroatoms. The first-order chi connectivity index (χ1) is 11.9. The van der Waals surface area contributed by atoms with E-state index in [0.29, 0.717) is 11.5 Å². The van der Waals surface area contributed by atoms with Gasteiger partial charge in [0.1, 0.15) is 0 Å². The Morgan fingerprint density at radius 2 is 1.92 bits per heavy atom. The number of aryl methyl sites for hydroxylation is 1. The number of nitrogens with zero attached hydrogens (tertiary/aromatic N) is 3. The molecule has 3 rings (SSSR count). The normalized spacial score (nSPS) is 11.8. The molecule has 1 aromatic carbocycles. The van der Waals surface area contributed by atoms with Gasteiger partial charge in [-0.05, 0) is 24.8 Å². The zero-order chi connectivity index (χ0) is 17.9. The molecule has 0 amide bonds. The highest BCUT2D eigenvalue weighted by atomic mass is 16.1. The Kier molecular flexibility index (Phi) is 4.88. The summed E-state index contributed by atoms with van der Waals surface area (Å²) in [5.74, 6) is 0.658. The van der Waals surface area contributed by atoms with Crippen molar-refractivity contribution in [3.63, 3.8) is 0 Å². The van der Waals surface area contributed by atoms with E-state index >= 15 is 0 Å². The summed E-state index contributed by atoms with van der Waals surface area (Å²) in [6.07, 6.45) is 4.95. The minimum atomic E-state index is -0.241. The fourth-order valence-electron chi connectivity index (χ4n) is 2.70. The molecule has 0 aliphatic carbocycles. The third-order valence-electron chi connectivity index (χ3n) is 4.20. The van der Waals surface area contributed by atoms with Gasteiger partial charge in [-0.15, -0.1) is 5.10 Å². The number of rotatable bonds is 6. The van der Waals surface area contributed by atoms with Crippen molar-refractivity contribution < 1.29 is 0 Å². The largest absolute Gasteiger partial charge is 0.367 e. The summed E-state index contributed by atoms with van der Waals surface area (Å²) >= 11 is 0. The van der Waals surface area contributed by atoms with Gasteiger partial charge in [-0.25, -0.2) is 19.3 Å². The van der Waals surface area contributed by atoms with Crippen molar-refractivity contribution in [1.82, 2.24) is 19.6 Å². The number of aromatic nitrogens is 4. The zero-order valence-corrected chi connectivity index (χ0v) is 15.0. The summed E-state index contributed by atoms with van der Waals surface area (Å²) in [6.45, 7) is 7.03. The number of benzene rings is 1. The molecule has 2 N–H and O–H groups in total. The van der Waals surface area contributed by atoms with Crippen LogP contribution in [0.15, 0.2) is 41.3 Å². The van der Waals surface area contributed by atoms with Crippen molar-refractivity contribution in [3.05, 3.63) is 58.3 Å². The fraction of sp³-hybridized carbons (Fsp3) is 0.421. The van der Waals surface area contributed by atoms with Crippen molar-refractivity contribution in [1.29, 1.82) is 0 Å². The highest BCUT2D eigenvalue weighted by molar-refractivity contribution is 5.62. The summed E-state index contributed by atoms with van der Waals surface area (Å²) in [7, 11) is 0. The Balaban J connectivity index is 1.67. The lowest BCUT2D eigenvalue weighted by Crippen LogP contribution is -2.19. The van der Waals surface area contributed by atoms with Crippen LogP contribution in [0.5, 0.6) is 0 Å². The first-order valence-corrected chi connectivity index (χ1v) is 8.71. The van der Waals surface area contributed by atoms with Gasteiger partial charge in [0.2, 0.25) is 5.65 Å². The minimum absolute atomic E-state index is 0.144. The number of hydrogen-bond donors (Lipinski definition) is 2. The van der Waals surface area contributed by atoms with Gasteiger partial charge in [-0.1, -0.05) is 51.1 Å². The molecular formula is C19H25N5O. The van der Waals surface area contributed by atoms with Crippen LogP contribution < -0.4 is 11.0 Å². The smallest absolute Gasteiger partial charge is 0.347 e. The number of aromatic amines is 1. The molecule has 0 radical (unpaired) electrons. The van der Waals surface area contributed by atoms with Crippen LogP contribution in [0.3, 0.4) is 0 Å². The summed E-state index contributed by atoms with van der Waals surface area (Å²) in [5.41, 5.74) is 2.37. The van der Waals surface area contributed by atoms with Crippen LogP contribution in [0.2, 0.25) is 0 Å². The van der Waals surface area contributed by atoms with Gasteiger partial charge < -0.3 is 5.32 Å². The highest BCUT2D eigenvalue weighted by Gasteiger charge is 2.19. The molecule has 0 aliphatic heterocycles. The van der Waals surface area contributed by atoms with Crippen LogP contribution >= 0.6 is 0 Å². The van der Waals surface area contributed by atoms with Crippen molar-refractivity contribution >= 4 is 11.5 Å². The molecule has 2 aromatic heterocycles. The van der Waals surface area contributed by atoms with Crippen LogP contribution in [0.1, 0.15) is 44.9 Å². The molecule has 25 heavy (non-hydrogen) atoms. The SMILES string of the molecule is CC(C)(C)c1cn2c(=O)[nH]nc2c(NCCCCc2ccccc2)n1. The molecule has 0 aliphatic rings. The molecular weight excluding hydrogens is 314 g/mol. The fourth-order valence-corrected chi connectivity index (χ4v) is 2.70. The molecule has 3 aromatic rings. The molecule has 0 spiro atoms. The molecule has 6 nitrogen and oxygen atoms in total. The predicted octanol–water partition coefficient (Wildman–Crippen LogP) is 3.15. The minimum Gasteiger partial charge on any atom is -0.367 e. The van der Waals surface area contributed by atoms with E-state index in [2.05, 4.69) is 65.5 Å². The Hall–Kier alpha value is -2.63. The topological polar surface area (TPSA) is 75.1 Å². The first kappa shape index (κ1) is 17.2. The van der Waals surface area contributed by atoms with Crippen LogP contribution in [0.4, 0.5) is 5.82 Å². The summed E-state index contributed by atoms with van der Waals surface area (Å²) in [6, 6.07) is 10.5. The molecule has 2 heterocycles. The number of H-pyrrole nitrogens is 1. The lowest BCUT2D eigenvalue weighted by atomic mass is 9.93. The number of fused-ring (bicyclic) bond motifs is 1. The van der Waals surface area contributed by atoms with E-state index in [1.54, 1.807) is 6.20 Å². The van der Waals surface area contributed by atoms with Crippen molar-refractivity contribution in [2.45, 2.75) is 45.4 Å². The molecule has 0 unspecified atom stereocenters. The summed E-state index contributed by atoms with van der Waals surface area (Å²) < 4.78 is 1.53. The van der Waals surface area contributed by atoms with E-state index < -0.39 is 0 Å².